The Balaban J connectivity index is 1.95. The predicted octanol–water partition coefficient (Wildman–Crippen LogP) is 4.42. The highest BCUT2D eigenvalue weighted by atomic mass is 32.2. The Morgan fingerprint density at radius 1 is 1.17 bits per heavy atom. The third-order valence-electron chi connectivity index (χ3n) is 3.42. The minimum Gasteiger partial charge on any atom is -0.461 e. The van der Waals surface area contributed by atoms with Gasteiger partial charge in [0.15, 0.2) is 0 Å². The van der Waals surface area contributed by atoms with Crippen LogP contribution in [0.25, 0.3) is 6.08 Å². The molecule has 0 N–H and O–H groups in total. The SMILES string of the molecule is CCOC(=O)C1=NN(c2ccccc2)/C(=C\c2ccc(C)cc2)S1. The van der Waals surface area contributed by atoms with Gasteiger partial charge in [0.05, 0.1) is 12.3 Å². The number of thioether (sulfide) groups is 1. The van der Waals surface area contributed by atoms with Crippen LogP contribution < -0.4 is 5.01 Å². The maximum atomic E-state index is 12.0. The maximum Gasteiger partial charge on any atom is 0.365 e. The lowest BCUT2D eigenvalue weighted by Gasteiger charge is -2.15. The number of esters is 1. The Kier molecular flexibility index (Phi) is 5.01. The molecule has 1 aliphatic heterocycles. The summed E-state index contributed by atoms with van der Waals surface area (Å²) in [6.07, 6.45) is 2.02. The van der Waals surface area contributed by atoms with Gasteiger partial charge < -0.3 is 4.74 Å². The number of carbonyl (C=O) groups is 1. The molecule has 0 aliphatic carbocycles. The zero-order valence-electron chi connectivity index (χ0n) is 13.6. The van der Waals surface area contributed by atoms with Crippen LogP contribution in [0.5, 0.6) is 0 Å². The molecule has 0 saturated heterocycles. The van der Waals surface area contributed by atoms with Crippen LogP contribution in [0.15, 0.2) is 64.7 Å². The van der Waals surface area contributed by atoms with Crippen LogP contribution in [0.2, 0.25) is 0 Å². The molecule has 0 saturated carbocycles. The van der Waals surface area contributed by atoms with Crippen molar-refractivity contribution in [1.82, 2.24) is 0 Å². The van der Waals surface area contributed by atoms with Crippen molar-refractivity contribution >= 4 is 34.5 Å². The van der Waals surface area contributed by atoms with Gasteiger partial charge in [0, 0.05) is 0 Å². The predicted molar refractivity (Wildman–Crippen MR) is 99.7 cm³/mol. The Hall–Kier alpha value is -2.53. The summed E-state index contributed by atoms with van der Waals surface area (Å²) in [5.74, 6) is -0.393. The van der Waals surface area contributed by atoms with Crippen molar-refractivity contribution in [2.45, 2.75) is 13.8 Å². The molecule has 3 rings (SSSR count). The summed E-state index contributed by atoms with van der Waals surface area (Å²) >= 11 is 1.32. The summed E-state index contributed by atoms with van der Waals surface area (Å²) in [5, 5.41) is 7.43. The van der Waals surface area contributed by atoms with E-state index in [1.807, 2.05) is 36.4 Å². The molecular formula is C19H18N2O2S. The normalized spacial score (nSPS) is 15.5. The first kappa shape index (κ1) is 16.3. The van der Waals surface area contributed by atoms with Gasteiger partial charge in [-0.2, -0.15) is 5.10 Å². The average Bonchev–Trinajstić information content (AvgIpc) is 3.02. The zero-order valence-corrected chi connectivity index (χ0v) is 14.4. The fraction of sp³-hybridized carbons (Fsp3) is 0.158. The summed E-state index contributed by atoms with van der Waals surface area (Å²) in [7, 11) is 0. The Morgan fingerprint density at radius 3 is 2.54 bits per heavy atom. The largest absolute Gasteiger partial charge is 0.461 e. The number of aryl methyl sites for hydroxylation is 1. The number of anilines is 1. The summed E-state index contributed by atoms with van der Waals surface area (Å²) in [6.45, 7) is 4.18. The van der Waals surface area contributed by atoms with Crippen LogP contribution in [0, 0.1) is 6.92 Å². The second-order valence-electron chi connectivity index (χ2n) is 5.27. The minimum absolute atomic E-state index is 0.334. The van der Waals surface area contributed by atoms with Crippen LogP contribution in [-0.2, 0) is 9.53 Å². The van der Waals surface area contributed by atoms with Crippen LogP contribution >= 0.6 is 11.8 Å². The molecule has 122 valence electrons. The zero-order chi connectivity index (χ0) is 16.9. The van der Waals surface area contributed by atoms with Crippen molar-refractivity contribution in [1.29, 1.82) is 0 Å². The van der Waals surface area contributed by atoms with Crippen molar-refractivity contribution in [2.75, 3.05) is 11.6 Å². The molecule has 0 bridgehead atoms. The van der Waals surface area contributed by atoms with E-state index >= 15 is 0 Å². The fourth-order valence-corrected chi connectivity index (χ4v) is 3.12. The van der Waals surface area contributed by atoms with Gasteiger partial charge in [-0.3, -0.25) is 0 Å². The van der Waals surface area contributed by atoms with E-state index in [2.05, 4.69) is 36.3 Å². The third-order valence-corrected chi connectivity index (χ3v) is 4.36. The van der Waals surface area contributed by atoms with Gasteiger partial charge in [0.25, 0.3) is 0 Å². The highest BCUT2D eigenvalue weighted by molar-refractivity contribution is 8.19. The fourth-order valence-electron chi connectivity index (χ4n) is 2.23. The number of para-hydroxylation sites is 1. The van der Waals surface area contributed by atoms with Crippen molar-refractivity contribution in [3.05, 3.63) is 70.8 Å². The number of rotatable bonds is 4. The van der Waals surface area contributed by atoms with E-state index in [1.165, 1.54) is 17.3 Å². The van der Waals surface area contributed by atoms with E-state index in [9.17, 15) is 4.79 Å². The molecule has 24 heavy (non-hydrogen) atoms. The number of nitrogens with zero attached hydrogens (tertiary/aromatic N) is 2. The first-order valence-corrected chi connectivity index (χ1v) is 8.56. The molecule has 1 heterocycles. The van der Waals surface area contributed by atoms with Crippen molar-refractivity contribution < 1.29 is 9.53 Å². The molecule has 2 aromatic rings. The van der Waals surface area contributed by atoms with E-state index in [0.29, 0.717) is 11.7 Å². The smallest absolute Gasteiger partial charge is 0.365 e. The van der Waals surface area contributed by atoms with Gasteiger partial charge in [0.2, 0.25) is 5.04 Å². The second-order valence-corrected chi connectivity index (χ2v) is 6.28. The lowest BCUT2D eigenvalue weighted by molar-refractivity contribution is -0.134. The van der Waals surface area contributed by atoms with E-state index in [1.54, 1.807) is 11.9 Å². The molecule has 2 aromatic carbocycles. The van der Waals surface area contributed by atoms with Crippen LogP contribution in [0.3, 0.4) is 0 Å². The number of benzene rings is 2. The molecule has 4 nitrogen and oxygen atoms in total. The average molecular weight is 338 g/mol. The Morgan fingerprint density at radius 2 is 1.88 bits per heavy atom. The highest BCUT2D eigenvalue weighted by Gasteiger charge is 2.28. The van der Waals surface area contributed by atoms with E-state index in [0.717, 1.165) is 16.3 Å². The van der Waals surface area contributed by atoms with Gasteiger partial charge in [-0.1, -0.05) is 48.0 Å². The van der Waals surface area contributed by atoms with Gasteiger partial charge >= 0.3 is 5.97 Å². The standard InChI is InChI=1S/C19H18N2O2S/c1-3-23-19(22)18-20-21(16-7-5-4-6-8-16)17(24-18)13-15-11-9-14(2)10-12-15/h4-13H,3H2,1-2H3/b17-13+. The van der Waals surface area contributed by atoms with Crippen molar-refractivity contribution in [3.63, 3.8) is 0 Å². The third kappa shape index (κ3) is 3.68. The van der Waals surface area contributed by atoms with Gasteiger partial charge in [0.1, 0.15) is 5.03 Å². The van der Waals surface area contributed by atoms with Crippen molar-refractivity contribution in [2.24, 2.45) is 5.10 Å². The molecule has 0 amide bonds. The Bertz CT molecular complexity index is 783. The van der Waals surface area contributed by atoms with Crippen LogP contribution in [0.4, 0.5) is 5.69 Å². The summed E-state index contributed by atoms with van der Waals surface area (Å²) in [6, 6.07) is 18.0. The molecule has 0 radical (unpaired) electrons. The second kappa shape index (κ2) is 7.36. The summed E-state index contributed by atoms with van der Waals surface area (Å²) in [4.78, 5) is 12.0. The number of carbonyl (C=O) groups excluding carboxylic acids is 1. The number of ether oxygens (including phenoxy) is 1. The molecule has 0 spiro atoms. The van der Waals surface area contributed by atoms with Gasteiger partial charge in [-0.15, -0.1) is 0 Å². The molecule has 0 atom stereocenters. The molecule has 0 unspecified atom stereocenters. The number of hydrogen-bond acceptors (Lipinski definition) is 5. The first-order valence-electron chi connectivity index (χ1n) is 7.74. The summed E-state index contributed by atoms with van der Waals surface area (Å²) < 4.78 is 5.08. The van der Waals surface area contributed by atoms with Crippen molar-refractivity contribution in [3.8, 4) is 0 Å². The lowest BCUT2D eigenvalue weighted by Crippen LogP contribution is -2.13. The topological polar surface area (TPSA) is 41.9 Å². The quantitative estimate of drug-likeness (QED) is 0.774. The minimum atomic E-state index is -0.393. The Labute approximate surface area is 145 Å². The molecule has 0 fully saturated rings. The highest BCUT2D eigenvalue weighted by Crippen LogP contribution is 2.36. The summed E-state index contributed by atoms with van der Waals surface area (Å²) in [5.41, 5.74) is 3.17. The molecular weight excluding hydrogens is 320 g/mol. The van der Waals surface area contributed by atoms with E-state index in [4.69, 9.17) is 4.74 Å². The first-order chi connectivity index (χ1) is 11.7. The number of hydrogen-bond donors (Lipinski definition) is 0. The van der Waals surface area contributed by atoms with Gasteiger partial charge in [-0.25, -0.2) is 9.80 Å². The van der Waals surface area contributed by atoms with E-state index in [-0.39, 0.29) is 0 Å². The lowest BCUT2D eigenvalue weighted by atomic mass is 10.1. The number of hydrazone groups is 1. The monoisotopic (exact) mass is 338 g/mol. The van der Waals surface area contributed by atoms with Gasteiger partial charge in [-0.05, 0) is 49.4 Å². The maximum absolute atomic E-state index is 12.0. The van der Waals surface area contributed by atoms with Crippen LogP contribution in [0.1, 0.15) is 18.1 Å². The molecule has 1 aliphatic rings. The van der Waals surface area contributed by atoms with Crippen LogP contribution in [-0.4, -0.2) is 17.6 Å². The molecule has 0 aromatic heterocycles. The molecule has 5 heteroatoms. The van der Waals surface area contributed by atoms with E-state index < -0.39 is 5.97 Å².